The summed E-state index contributed by atoms with van der Waals surface area (Å²) in [5.74, 6) is 0. The fraction of sp³-hybridized carbons (Fsp3) is 0. The second-order valence-electron chi connectivity index (χ2n) is 15.5. The molecule has 0 atom stereocenters. The van der Waals surface area contributed by atoms with Crippen molar-refractivity contribution in [1.82, 2.24) is 13.7 Å². The lowest BCUT2D eigenvalue weighted by molar-refractivity contribution is 1.16. The van der Waals surface area contributed by atoms with Crippen molar-refractivity contribution in [3.05, 3.63) is 224 Å². The summed E-state index contributed by atoms with van der Waals surface area (Å²) >= 11 is 0. The normalized spacial score (nSPS) is 11.7. The smallest absolute Gasteiger partial charge is 0.0541 e. The second kappa shape index (κ2) is 13.5. The van der Waals surface area contributed by atoms with Gasteiger partial charge in [-0.05, 0) is 121 Å². The third-order valence-electron chi connectivity index (χ3n) is 12.2. The summed E-state index contributed by atoms with van der Waals surface area (Å²) in [6.07, 6.45) is 1.92. The number of hydrogen-bond donors (Lipinski definition) is 0. The van der Waals surface area contributed by atoms with Gasteiger partial charge in [0.1, 0.15) is 0 Å². The Morgan fingerprint density at radius 2 is 0.583 bits per heavy atom. The molecule has 3 aromatic heterocycles. The van der Waals surface area contributed by atoms with Crippen molar-refractivity contribution in [3.63, 3.8) is 0 Å². The van der Waals surface area contributed by atoms with Gasteiger partial charge in [0.2, 0.25) is 0 Å². The van der Waals surface area contributed by atoms with Gasteiger partial charge in [-0.2, -0.15) is 0 Å². The van der Waals surface area contributed by atoms with E-state index in [9.17, 15) is 0 Å². The minimum Gasteiger partial charge on any atom is -0.310 e. The van der Waals surface area contributed by atoms with Crippen LogP contribution >= 0.6 is 0 Å². The number of benzene rings is 9. The highest BCUT2D eigenvalue weighted by Crippen LogP contribution is 2.40. The number of hydrogen-bond acceptors (Lipinski definition) is 1. The molecule has 0 saturated carbocycles. The van der Waals surface area contributed by atoms with Gasteiger partial charge in [-0.3, -0.25) is 0 Å². The summed E-state index contributed by atoms with van der Waals surface area (Å²) in [7, 11) is 0. The molecule has 0 radical (unpaired) electrons. The van der Waals surface area contributed by atoms with Crippen LogP contribution in [0, 0.1) is 0 Å². The fourth-order valence-corrected chi connectivity index (χ4v) is 9.50. The maximum absolute atomic E-state index is 4.03. The predicted molar refractivity (Wildman–Crippen MR) is 254 cm³/mol. The molecule has 4 nitrogen and oxygen atoms in total. The van der Waals surface area contributed by atoms with Crippen LogP contribution in [0.3, 0.4) is 0 Å². The first-order valence-corrected chi connectivity index (χ1v) is 20.5. The molecule has 9 aromatic carbocycles. The molecule has 0 amide bonds. The number of fused-ring (bicyclic) bond motifs is 9. The molecule has 12 rings (SSSR count). The highest BCUT2D eigenvalue weighted by molar-refractivity contribution is 6.11. The third kappa shape index (κ3) is 5.18. The van der Waals surface area contributed by atoms with Gasteiger partial charge in [-0.15, -0.1) is 0 Å². The Morgan fingerprint density at radius 3 is 0.900 bits per heavy atom. The molecule has 0 aliphatic carbocycles. The molecular weight excluding hydrogens is 729 g/mol. The molecule has 3 heterocycles. The van der Waals surface area contributed by atoms with Crippen LogP contribution in [0.5, 0.6) is 0 Å². The van der Waals surface area contributed by atoms with Crippen LogP contribution in [0.4, 0.5) is 17.1 Å². The van der Waals surface area contributed by atoms with Crippen molar-refractivity contribution in [2.45, 2.75) is 0 Å². The Bertz CT molecular complexity index is 3340. The summed E-state index contributed by atoms with van der Waals surface area (Å²) in [6, 6.07) is 76.9. The zero-order valence-electron chi connectivity index (χ0n) is 32.8. The maximum atomic E-state index is 4.03. The number of para-hydroxylation sites is 5. The summed E-state index contributed by atoms with van der Waals surface area (Å²) in [4.78, 5) is 2.36. The van der Waals surface area contributed by atoms with Gasteiger partial charge in [-0.25, -0.2) is 0 Å². The summed E-state index contributed by atoms with van der Waals surface area (Å²) in [5, 5.41) is 7.48. The molecular formula is C56H38N4. The van der Waals surface area contributed by atoms with Crippen LogP contribution in [-0.4, -0.2) is 13.7 Å². The van der Waals surface area contributed by atoms with Gasteiger partial charge >= 0.3 is 0 Å². The molecule has 12 aromatic rings. The number of rotatable bonds is 7. The van der Waals surface area contributed by atoms with Crippen LogP contribution < -0.4 is 4.90 Å². The number of aromatic nitrogens is 3. The first-order valence-electron chi connectivity index (χ1n) is 20.5. The van der Waals surface area contributed by atoms with Crippen molar-refractivity contribution < 1.29 is 0 Å². The van der Waals surface area contributed by atoms with E-state index >= 15 is 0 Å². The lowest BCUT2D eigenvalue weighted by atomic mass is 10.1. The van der Waals surface area contributed by atoms with E-state index in [-0.39, 0.29) is 0 Å². The van der Waals surface area contributed by atoms with Gasteiger partial charge < -0.3 is 18.6 Å². The molecule has 0 spiro atoms. The van der Waals surface area contributed by atoms with E-state index in [2.05, 4.69) is 238 Å². The van der Waals surface area contributed by atoms with E-state index in [1.54, 1.807) is 0 Å². The Balaban J connectivity index is 0.995. The molecule has 0 bridgehead atoms. The largest absolute Gasteiger partial charge is 0.310 e. The molecule has 0 unspecified atom stereocenters. The zero-order valence-corrected chi connectivity index (χ0v) is 32.8. The van der Waals surface area contributed by atoms with Crippen molar-refractivity contribution in [2.24, 2.45) is 0 Å². The molecule has 0 fully saturated rings. The van der Waals surface area contributed by atoms with Crippen molar-refractivity contribution in [3.8, 4) is 17.1 Å². The summed E-state index contributed by atoms with van der Waals surface area (Å²) < 4.78 is 7.11. The Kier molecular flexibility index (Phi) is 7.66. The Labute approximate surface area is 347 Å². The molecule has 282 valence electrons. The summed E-state index contributed by atoms with van der Waals surface area (Å²) in [5.41, 5.74) is 14.8. The van der Waals surface area contributed by atoms with Crippen LogP contribution in [0.2, 0.25) is 0 Å². The summed E-state index contributed by atoms with van der Waals surface area (Å²) in [6.45, 7) is 4.03. The van der Waals surface area contributed by atoms with Gasteiger partial charge in [0, 0.05) is 66.4 Å². The monoisotopic (exact) mass is 766 g/mol. The Hall–Kier alpha value is -8.08. The van der Waals surface area contributed by atoms with E-state index in [0.717, 1.165) is 39.7 Å². The third-order valence-corrected chi connectivity index (χ3v) is 12.2. The minimum absolute atomic E-state index is 1.07. The highest BCUT2D eigenvalue weighted by Gasteiger charge is 2.18. The maximum Gasteiger partial charge on any atom is 0.0541 e. The van der Waals surface area contributed by atoms with Crippen molar-refractivity contribution in [1.29, 1.82) is 0 Å². The first-order chi connectivity index (χ1) is 29.7. The van der Waals surface area contributed by atoms with Gasteiger partial charge in [0.15, 0.2) is 0 Å². The highest BCUT2D eigenvalue weighted by atomic mass is 15.1. The van der Waals surface area contributed by atoms with Crippen LogP contribution in [-0.2, 0) is 0 Å². The lowest BCUT2D eigenvalue weighted by Crippen LogP contribution is -2.10. The molecule has 0 saturated heterocycles. The number of anilines is 3. The topological polar surface area (TPSA) is 18.0 Å². The van der Waals surface area contributed by atoms with Gasteiger partial charge in [-0.1, -0.05) is 110 Å². The van der Waals surface area contributed by atoms with Crippen molar-refractivity contribution in [2.75, 3.05) is 4.90 Å². The van der Waals surface area contributed by atoms with Gasteiger partial charge in [0.05, 0.1) is 33.1 Å². The molecule has 4 heteroatoms. The lowest BCUT2D eigenvalue weighted by Gasteiger charge is -2.26. The average Bonchev–Trinajstić information content (AvgIpc) is 3.96. The second-order valence-corrected chi connectivity index (χ2v) is 15.5. The first kappa shape index (κ1) is 34.0. The Morgan fingerprint density at radius 1 is 0.300 bits per heavy atom. The van der Waals surface area contributed by atoms with Crippen LogP contribution in [0.1, 0.15) is 5.56 Å². The van der Waals surface area contributed by atoms with E-state index in [1.807, 2.05) is 6.08 Å². The minimum atomic E-state index is 1.07. The van der Waals surface area contributed by atoms with E-state index in [1.165, 1.54) is 65.4 Å². The molecule has 60 heavy (non-hydrogen) atoms. The van der Waals surface area contributed by atoms with E-state index in [4.69, 9.17) is 0 Å². The van der Waals surface area contributed by atoms with Crippen molar-refractivity contribution >= 4 is 88.6 Å². The quantitative estimate of drug-likeness (QED) is 0.158. The van der Waals surface area contributed by atoms with Crippen LogP contribution in [0.25, 0.3) is 88.6 Å². The van der Waals surface area contributed by atoms with Crippen LogP contribution in [0.15, 0.2) is 219 Å². The van der Waals surface area contributed by atoms with E-state index < -0.39 is 0 Å². The zero-order chi connectivity index (χ0) is 39.7. The van der Waals surface area contributed by atoms with E-state index in [0.29, 0.717) is 0 Å². The fourth-order valence-electron chi connectivity index (χ4n) is 9.50. The standard InChI is InChI=1S/C56H38N4/c1-2-38-23-36-56-50(37-38)49-17-7-12-22-55(49)60(56)44-34-28-41(29-35-44)57(39-24-30-42(31-25-39)58-51-18-8-3-13-45(51)46-14-4-9-19-52(46)58)40-26-32-43(33-27-40)59-53-20-10-5-15-47(53)48-16-6-11-21-54(48)59/h2-37H,1H2. The number of nitrogens with zero attached hydrogens (tertiary/aromatic N) is 4. The molecule has 0 aliphatic rings. The SMILES string of the molecule is C=Cc1ccc2c(c1)c1ccccc1n2-c1ccc(N(c2ccc(-n3c4ccccc4c4ccccc43)cc2)c2ccc(-n3c4ccccc4c4ccccc43)cc2)cc1. The van der Waals surface area contributed by atoms with Gasteiger partial charge in [0.25, 0.3) is 0 Å². The molecule has 0 aliphatic heterocycles. The molecule has 0 N–H and O–H groups in total. The predicted octanol–water partition coefficient (Wildman–Crippen LogP) is 15.1. The average molecular weight is 767 g/mol.